The van der Waals surface area contributed by atoms with Gasteiger partial charge in [-0.1, -0.05) is 17.7 Å². The van der Waals surface area contributed by atoms with E-state index < -0.39 is 18.1 Å². The molecule has 6 N–H and O–H groups in total. The molecular formula is C17H17ClN6O2S. The number of fused-ring (bicyclic) bond motifs is 1. The minimum absolute atomic E-state index is 0.102. The van der Waals surface area contributed by atoms with Gasteiger partial charge in [-0.25, -0.2) is 9.97 Å². The van der Waals surface area contributed by atoms with Crippen molar-refractivity contribution in [1.29, 1.82) is 10.8 Å². The molecule has 1 aliphatic heterocycles. The van der Waals surface area contributed by atoms with Crippen molar-refractivity contribution >= 4 is 52.5 Å². The molecule has 1 aliphatic rings. The van der Waals surface area contributed by atoms with Crippen LogP contribution >= 0.6 is 23.4 Å². The molecule has 140 valence electrons. The molecule has 1 unspecified atom stereocenters. The van der Waals surface area contributed by atoms with E-state index in [-0.39, 0.29) is 23.0 Å². The van der Waals surface area contributed by atoms with E-state index in [1.54, 1.807) is 18.2 Å². The lowest BCUT2D eigenvalue weighted by molar-refractivity contribution is 0.103. The van der Waals surface area contributed by atoms with Crippen molar-refractivity contribution in [2.75, 3.05) is 11.5 Å². The summed E-state index contributed by atoms with van der Waals surface area (Å²) >= 11 is 7.23. The monoisotopic (exact) mass is 404 g/mol. The van der Waals surface area contributed by atoms with Gasteiger partial charge in [0.05, 0.1) is 23.0 Å². The molecule has 10 heteroatoms. The van der Waals surface area contributed by atoms with Crippen molar-refractivity contribution < 1.29 is 10.2 Å². The fraction of sp³-hybridized carbons (Fsp3) is 0.235. The van der Waals surface area contributed by atoms with Crippen molar-refractivity contribution in [3.05, 3.63) is 41.3 Å². The predicted octanol–water partition coefficient (Wildman–Crippen LogP) is 2.07. The molecule has 1 aromatic carbocycles. The Morgan fingerprint density at radius 2 is 2.04 bits per heavy atom. The van der Waals surface area contributed by atoms with Gasteiger partial charge in [-0.3, -0.25) is 4.99 Å². The molecule has 0 saturated heterocycles. The highest BCUT2D eigenvalue weighted by molar-refractivity contribution is 8.00. The maximum Gasteiger partial charge on any atom is 0.153 e. The summed E-state index contributed by atoms with van der Waals surface area (Å²) in [6, 6.07) is 7.12. The van der Waals surface area contributed by atoms with E-state index in [0.29, 0.717) is 16.4 Å². The summed E-state index contributed by atoms with van der Waals surface area (Å²) in [5, 5.41) is 37.5. The third-order valence-corrected chi connectivity index (χ3v) is 5.30. The molecule has 0 aliphatic carbocycles. The number of aliphatic hydroxyl groups is 2. The number of benzene rings is 1. The molecule has 3 rings (SSSR count). The number of rotatable bonds is 7. The van der Waals surface area contributed by atoms with Gasteiger partial charge < -0.3 is 26.8 Å². The number of hydrogen-bond donors (Lipinski definition) is 5. The number of anilines is 1. The number of nitrogen functional groups attached to an aromatic ring is 1. The Labute approximate surface area is 164 Å². The Bertz CT molecular complexity index is 922. The average molecular weight is 405 g/mol. The van der Waals surface area contributed by atoms with Gasteiger partial charge in [0.2, 0.25) is 0 Å². The SMILES string of the molecule is N=C(C1C=Nc2c(N)ncnc21)[C@@H](O)[C@@H](O)C(=N)CSc1cccc(Cl)c1. The number of aliphatic imine (C=N–C) groups is 1. The Kier molecular flexibility index (Phi) is 5.85. The van der Waals surface area contributed by atoms with Crippen molar-refractivity contribution in [1.82, 2.24) is 9.97 Å². The topological polar surface area (TPSA) is 152 Å². The van der Waals surface area contributed by atoms with E-state index in [9.17, 15) is 10.2 Å². The first-order valence-electron chi connectivity index (χ1n) is 7.93. The van der Waals surface area contributed by atoms with E-state index in [2.05, 4.69) is 15.0 Å². The van der Waals surface area contributed by atoms with Gasteiger partial charge in [0.15, 0.2) is 5.82 Å². The lowest BCUT2D eigenvalue weighted by atomic mass is 9.93. The van der Waals surface area contributed by atoms with Crippen LogP contribution in [0.2, 0.25) is 5.02 Å². The molecule has 0 bridgehead atoms. The number of aromatic nitrogens is 2. The van der Waals surface area contributed by atoms with Crippen molar-refractivity contribution in [3.8, 4) is 0 Å². The number of nitrogens with zero attached hydrogens (tertiary/aromatic N) is 3. The molecule has 0 radical (unpaired) electrons. The van der Waals surface area contributed by atoms with Crippen LogP contribution in [-0.2, 0) is 0 Å². The van der Waals surface area contributed by atoms with Gasteiger partial charge in [-0.15, -0.1) is 11.8 Å². The van der Waals surface area contributed by atoms with Gasteiger partial charge >= 0.3 is 0 Å². The maximum atomic E-state index is 10.4. The van der Waals surface area contributed by atoms with E-state index in [1.165, 1.54) is 24.3 Å². The smallest absolute Gasteiger partial charge is 0.153 e. The Hall–Kier alpha value is -2.33. The van der Waals surface area contributed by atoms with Crippen LogP contribution < -0.4 is 5.73 Å². The third kappa shape index (κ3) is 4.16. The lowest BCUT2D eigenvalue weighted by Crippen LogP contribution is -2.42. The molecule has 1 aromatic heterocycles. The molecule has 0 fully saturated rings. The van der Waals surface area contributed by atoms with Gasteiger partial charge in [-0.05, 0) is 18.2 Å². The van der Waals surface area contributed by atoms with Crippen LogP contribution in [0.25, 0.3) is 0 Å². The number of nitrogens with one attached hydrogen (secondary N) is 2. The van der Waals surface area contributed by atoms with Crippen LogP contribution in [-0.4, -0.2) is 55.8 Å². The van der Waals surface area contributed by atoms with Crippen LogP contribution in [0.4, 0.5) is 11.5 Å². The zero-order valence-corrected chi connectivity index (χ0v) is 15.6. The summed E-state index contributed by atoms with van der Waals surface area (Å²) in [5.74, 6) is -0.383. The summed E-state index contributed by atoms with van der Waals surface area (Å²) in [6.45, 7) is 0. The minimum Gasteiger partial charge on any atom is -0.384 e. The number of nitrogens with two attached hydrogens (primary N) is 1. The van der Waals surface area contributed by atoms with Crippen molar-refractivity contribution in [3.63, 3.8) is 0 Å². The summed E-state index contributed by atoms with van der Waals surface area (Å²) in [4.78, 5) is 12.8. The first-order chi connectivity index (χ1) is 12.9. The molecule has 0 amide bonds. The quantitative estimate of drug-likeness (QED) is 0.351. The van der Waals surface area contributed by atoms with E-state index in [0.717, 1.165) is 4.90 Å². The second kappa shape index (κ2) is 8.13. The van der Waals surface area contributed by atoms with Crippen LogP contribution in [0.1, 0.15) is 11.6 Å². The second-order valence-electron chi connectivity index (χ2n) is 5.86. The highest BCUT2D eigenvalue weighted by Crippen LogP contribution is 2.35. The fourth-order valence-electron chi connectivity index (χ4n) is 2.56. The number of thioether (sulfide) groups is 1. The van der Waals surface area contributed by atoms with Gasteiger partial charge in [0, 0.05) is 21.9 Å². The molecule has 8 nitrogen and oxygen atoms in total. The zero-order valence-electron chi connectivity index (χ0n) is 14.0. The highest BCUT2D eigenvalue weighted by atomic mass is 35.5. The summed E-state index contributed by atoms with van der Waals surface area (Å²) in [6.07, 6.45) is -0.384. The van der Waals surface area contributed by atoms with Gasteiger partial charge in [-0.2, -0.15) is 0 Å². The normalized spacial score (nSPS) is 17.4. The number of aliphatic hydroxyl groups excluding tert-OH is 2. The lowest BCUT2D eigenvalue weighted by Gasteiger charge is -2.22. The predicted molar refractivity (Wildman–Crippen MR) is 107 cm³/mol. The van der Waals surface area contributed by atoms with Crippen molar-refractivity contribution in [2.45, 2.75) is 23.0 Å². The van der Waals surface area contributed by atoms with Crippen LogP contribution in [0.15, 0.2) is 40.5 Å². The van der Waals surface area contributed by atoms with Gasteiger partial charge in [0.1, 0.15) is 24.2 Å². The molecule has 27 heavy (non-hydrogen) atoms. The summed E-state index contributed by atoms with van der Waals surface area (Å²) in [7, 11) is 0. The van der Waals surface area contributed by atoms with Crippen LogP contribution in [0.5, 0.6) is 0 Å². The Morgan fingerprint density at radius 1 is 1.26 bits per heavy atom. The standard InChI is InChI=1S/C17H17ClN6O2S/c18-8-2-1-3-9(4-8)27-6-11(19)15(25)16(26)12(20)10-5-22-14-13(10)23-7-24-17(14)21/h1-5,7,10,15-16,19-20,25-26H,6H2,(H2,21,23,24)/t10?,15-,16+/m0/s1. The van der Waals surface area contributed by atoms with Crippen LogP contribution in [0.3, 0.4) is 0 Å². The van der Waals surface area contributed by atoms with E-state index >= 15 is 0 Å². The largest absolute Gasteiger partial charge is 0.384 e. The Balaban J connectivity index is 1.64. The summed E-state index contributed by atoms with van der Waals surface area (Å²) in [5.41, 5.74) is 6.18. The van der Waals surface area contributed by atoms with Crippen LogP contribution in [0, 0.1) is 10.8 Å². The molecule has 2 heterocycles. The zero-order chi connectivity index (χ0) is 19.6. The van der Waals surface area contributed by atoms with Gasteiger partial charge in [0.25, 0.3) is 0 Å². The molecule has 0 saturated carbocycles. The van der Waals surface area contributed by atoms with E-state index in [4.69, 9.17) is 28.2 Å². The molecule has 3 atom stereocenters. The third-order valence-electron chi connectivity index (χ3n) is 4.03. The summed E-state index contributed by atoms with van der Waals surface area (Å²) < 4.78 is 0. The fourth-order valence-corrected chi connectivity index (χ4v) is 3.69. The minimum atomic E-state index is -1.56. The first-order valence-corrected chi connectivity index (χ1v) is 9.29. The number of hydrogen-bond acceptors (Lipinski definition) is 9. The molecular weight excluding hydrogens is 388 g/mol. The molecule has 0 spiro atoms. The first kappa shape index (κ1) is 19.4. The second-order valence-corrected chi connectivity index (χ2v) is 7.35. The van der Waals surface area contributed by atoms with E-state index in [1.807, 2.05) is 6.07 Å². The highest BCUT2D eigenvalue weighted by Gasteiger charge is 2.34. The average Bonchev–Trinajstić information content (AvgIpc) is 3.10. The Morgan fingerprint density at radius 3 is 2.78 bits per heavy atom. The maximum absolute atomic E-state index is 10.4. The molecule has 2 aromatic rings. The van der Waals surface area contributed by atoms with Crippen molar-refractivity contribution in [2.24, 2.45) is 4.99 Å². The number of halogens is 1.